The summed E-state index contributed by atoms with van der Waals surface area (Å²) in [7, 11) is 0. The van der Waals surface area contributed by atoms with E-state index in [4.69, 9.17) is 5.73 Å². The van der Waals surface area contributed by atoms with Crippen LogP contribution in [-0.4, -0.2) is 29.2 Å². The molecule has 0 aliphatic heterocycles. The van der Waals surface area contributed by atoms with Gasteiger partial charge < -0.3 is 16.2 Å². The van der Waals surface area contributed by atoms with E-state index in [-0.39, 0.29) is 12.5 Å². The maximum Gasteiger partial charge on any atom is 0.237 e. The number of nitrogens with two attached hydrogens (primary N) is 1. The lowest BCUT2D eigenvalue weighted by Gasteiger charge is -2.26. The van der Waals surface area contributed by atoms with Crippen molar-refractivity contribution in [1.29, 1.82) is 0 Å². The van der Waals surface area contributed by atoms with E-state index in [9.17, 15) is 9.90 Å². The zero-order chi connectivity index (χ0) is 13.5. The Kier molecular flexibility index (Phi) is 7.39. The maximum absolute atomic E-state index is 11.6. The Labute approximate surface area is 105 Å². The van der Waals surface area contributed by atoms with Crippen molar-refractivity contribution in [2.75, 3.05) is 6.54 Å². The van der Waals surface area contributed by atoms with Crippen molar-refractivity contribution in [3.63, 3.8) is 0 Å². The number of hydrogen-bond acceptors (Lipinski definition) is 3. The molecular weight excluding hydrogens is 216 g/mol. The molecule has 2 atom stereocenters. The molecule has 0 aliphatic rings. The van der Waals surface area contributed by atoms with Gasteiger partial charge in [-0.2, -0.15) is 0 Å². The first-order valence-corrected chi connectivity index (χ1v) is 6.54. The number of hydrogen-bond donors (Lipinski definition) is 3. The van der Waals surface area contributed by atoms with E-state index in [1.807, 2.05) is 13.8 Å². The monoisotopic (exact) mass is 244 g/mol. The topological polar surface area (TPSA) is 75.4 Å². The van der Waals surface area contributed by atoms with Gasteiger partial charge in [0.25, 0.3) is 0 Å². The van der Waals surface area contributed by atoms with Crippen LogP contribution >= 0.6 is 0 Å². The predicted molar refractivity (Wildman–Crippen MR) is 70.6 cm³/mol. The zero-order valence-electron chi connectivity index (χ0n) is 11.6. The molecule has 0 aromatic heterocycles. The second-order valence-corrected chi connectivity index (χ2v) is 5.56. The normalized spacial score (nSPS) is 16.6. The first-order chi connectivity index (χ1) is 7.78. The van der Waals surface area contributed by atoms with Crippen LogP contribution in [0.15, 0.2) is 0 Å². The Bertz CT molecular complexity index is 227. The fourth-order valence-corrected chi connectivity index (χ4v) is 1.92. The van der Waals surface area contributed by atoms with E-state index in [2.05, 4.69) is 12.2 Å². The van der Waals surface area contributed by atoms with Crippen LogP contribution in [0.3, 0.4) is 0 Å². The van der Waals surface area contributed by atoms with Gasteiger partial charge in [0.2, 0.25) is 5.91 Å². The van der Waals surface area contributed by atoms with Gasteiger partial charge in [-0.05, 0) is 25.7 Å². The second kappa shape index (κ2) is 7.67. The van der Waals surface area contributed by atoms with Crippen LogP contribution in [0, 0.1) is 5.92 Å². The summed E-state index contributed by atoms with van der Waals surface area (Å²) >= 11 is 0. The Balaban J connectivity index is 3.97. The van der Waals surface area contributed by atoms with E-state index in [0.717, 1.165) is 12.8 Å². The van der Waals surface area contributed by atoms with Crippen molar-refractivity contribution < 1.29 is 9.90 Å². The SMILES string of the molecule is CCCCC(N)C(=O)NCC(C)(O)CC(C)C. The molecule has 0 aliphatic carbocycles. The molecule has 0 radical (unpaired) electrons. The number of aliphatic hydroxyl groups is 1. The van der Waals surface area contributed by atoms with Gasteiger partial charge in [0.1, 0.15) is 0 Å². The molecule has 1 amide bonds. The Morgan fingerprint density at radius 3 is 2.53 bits per heavy atom. The summed E-state index contributed by atoms with van der Waals surface area (Å²) in [5.41, 5.74) is 4.89. The van der Waals surface area contributed by atoms with Crippen molar-refractivity contribution >= 4 is 5.91 Å². The molecule has 4 nitrogen and oxygen atoms in total. The first kappa shape index (κ1) is 16.4. The van der Waals surface area contributed by atoms with Crippen molar-refractivity contribution in [2.45, 2.75) is 65.0 Å². The molecule has 0 bridgehead atoms. The maximum atomic E-state index is 11.6. The summed E-state index contributed by atoms with van der Waals surface area (Å²) in [6, 6.07) is -0.454. The third-order valence-electron chi connectivity index (χ3n) is 2.70. The molecule has 0 rings (SSSR count). The summed E-state index contributed by atoms with van der Waals surface area (Å²) in [4.78, 5) is 11.6. The van der Waals surface area contributed by atoms with Gasteiger partial charge in [0.05, 0.1) is 11.6 Å². The molecule has 4 heteroatoms. The molecule has 0 spiro atoms. The van der Waals surface area contributed by atoms with Crippen molar-refractivity contribution in [2.24, 2.45) is 11.7 Å². The van der Waals surface area contributed by atoms with E-state index in [1.54, 1.807) is 6.92 Å². The lowest BCUT2D eigenvalue weighted by molar-refractivity contribution is -0.123. The van der Waals surface area contributed by atoms with Gasteiger partial charge in [-0.25, -0.2) is 0 Å². The summed E-state index contributed by atoms with van der Waals surface area (Å²) in [6.07, 6.45) is 3.36. The highest BCUT2D eigenvalue weighted by molar-refractivity contribution is 5.81. The largest absolute Gasteiger partial charge is 0.388 e. The third-order valence-corrected chi connectivity index (χ3v) is 2.70. The molecule has 0 saturated heterocycles. The highest BCUT2D eigenvalue weighted by atomic mass is 16.3. The number of carbonyl (C=O) groups excluding carboxylic acids is 1. The third kappa shape index (κ3) is 8.16. The predicted octanol–water partition coefficient (Wildman–Crippen LogP) is 1.42. The average molecular weight is 244 g/mol. The molecule has 2 unspecified atom stereocenters. The lowest BCUT2D eigenvalue weighted by atomic mass is 9.94. The lowest BCUT2D eigenvalue weighted by Crippen LogP contribution is -2.47. The fraction of sp³-hybridized carbons (Fsp3) is 0.923. The molecule has 0 aromatic carbocycles. The molecule has 0 saturated carbocycles. The highest BCUT2D eigenvalue weighted by Gasteiger charge is 2.23. The average Bonchev–Trinajstić information content (AvgIpc) is 2.20. The van der Waals surface area contributed by atoms with Crippen LogP contribution < -0.4 is 11.1 Å². The molecular formula is C13H28N2O2. The summed E-state index contributed by atoms with van der Waals surface area (Å²) in [6.45, 7) is 8.17. The molecule has 0 heterocycles. The van der Waals surface area contributed by atoms with Crippen LogP contribution in [0.5, 0.6) is 0 Å². The van der Waals surface area contributed by atoms with E-state index >= 15 is 0 Å². The van der Waals surface area contributed by atoms with Gasteiger partial charge in [0, 0.05) is 6.54 Å². The summed E-state index contributed by atoms with van der Waals surface area (Å²) < 4.78 is 0. The van der Waals surface area contributed by atoms with Crippen molar-refractivity contribution in [1.82, 2.24) is 5.32 Å². The van der Waals surface area contributed by atoms with Crippen molar-refractivity contribution in [3.8, 4) is 0 Å². The van der Waals surface area contributed by atoms with Crippen molar-refractivity contribution in [3.05, 3.63) is 0 Å². The molecule has 102 valence electrons. The number of unbranched alkanes of at least 4 members (excludes halogenated alkanes) is 1. The number of nitrogens with one attached hydrogen (secondary N) is 1. The van der Waals surface area contributed by atoms with Crippen LogP contribution in [-0.2, 0) is 4.79 Å². The number of rotatable bonds is 8. The minimum absolute atomic E-state index is 0.164. The fourth-order valence-electron chi connectivity index (χ4n) is 1.92. The zero-order valence-corrected chi connectivity index (χ0v) is 11.6. The quantitative estimate of drug-likeness (QED) is 0.604. The van der Waals surface area contributed by atoms with Gasteiger partial charge in [-0.3, -0.25) is 4.79 Å². The number of amides is 1. The molecule has 17 heavy (non-hydrogen) atoms. The van der Waals surface area contributed by atoms with Gasteiger partial charge >= 0.3 is 0 Å². The molecule has 0 fully saturated rings. The van der Waals surface area contributed by atoms with E-state index < -0.39 is 11.6 Å². The minimum Gasteiger partial charge on any atom is -0.388 e. The number of carbonyl (C=O) groups is 1. The van der Waals surface area contributed by atoms with Crippen LogP contribution in [0.25, 0.3) is 0 Å². The highest BCUT2D eigenvalue weighted by Crippen LogP contribution is 2.15. The minimum atomic E-state index is -0.853. The first-order valence-electron chi connectivity index (χ1n) is 6.54. The van der Waals surface area contributed by atoms with Crippen LogP contribution in [0.2, 0.25) is 0 Å². The van der Waals surface area contributed by atoms with Gasteiger partial charge in [0.15, 0.2) is 0 Å². The summed E-state index contributed by atoms with van der Waals surface area (Å²) in [5.74, 6) is 0.234. The van der Waals surface area contributed by atoms with Crippen LogP contribution in [0.1, 0.15) is 53.4 Å². The Morgan fingerprint density at radius 1 is 1.47 bits per heavy atom. The van der Waals surface area contributed by atoms with Gasteiger partial charge in [-0.15, -0.1) is 0 Å². The smallest absolute Gasteiger partial charge is 0.237 e. The van der Waals surface area contributed by atoms with E-state index in [0.29, 0.717) is 18.8 Å². The summed E-state index contributed by atoms with van der Waals surface area (Å²) in [5, 5.41) is 12.8. The standard InChI is InChI=1S/C13H28N2O2/c1-5-6-7-11(14)12(16)15-9-13(4,17)8-10(2)3/h10-11,17H,5-9,14H2,1-4H3,(H,15,16). The molecule has 0 aromatic rings. The Morgan fingerprint density at radius 2 is 2.06 bits per heavy atom. The molecule has 4 N–H and O–H groups in total. The van der Waals surface area contributed by atoms with Gasteiger partial charge in [-0.1, -0.05) is 33.6 Å². The Hall–Kier alpha value is -0.610. The second-order valence-electron chi connectivity index (χ2n) is 5.56. The van der Waals surface area contributed by atoms with Crippen LogP contribution in [0.4, 0.5) is 0 Å². The van der Waals surface area contributed by atoms with E-state index in [1.165, 1.54) is 0 Å².